The highest BCUT2D eigenvalue weighted by atomic mass is 16.5. The third kappa shape index (κ3) is 3.09. The molecule has 0 heterocycles. The van der Waals surface area contributed by atoms with Crippen LogP contribution in [0.15, 0.2) is 23.8 Å². The molecular weight excluding hydrogens is 228 g/mol. The van der Waals surface area contributed by atoms with Crippen molar-refractivity contribution >= 4 is 12.3 Å². The molecule has 0 bridgehead atoms. The summed E-state index contributed by atoms with van der Waals surface area (Å²) in [6, 6.07) is 0. The van der Waals surface area contributed by atoms with Gasteiger partial charge in [-0.2, -0.15) is 0 Å². The summed E-state index contributed by atoms with van der Waals surface area (Å²) < 4.78 is 5.05. The highest BCUT2D eigenvalue weighted by molar-refractivity contribution is 5.81. The fraction of sp³-hybridized carbons (Fsp3) is 0.600. The molecule has 0 saturated heterocycles. The first-order valence-corrected chi connectivity index (χ1v) is 6.49. The molecule has 0 radical (unpaired) electrons. The van der Waals surface area contributed by atoms with Crippen LogP contribution in [0.1, 0.15) is 34.1 Å². The van der Waals surface area contributed by atoms with Crippen LogP contribution in [0.3, 0.4) is 0 Å². The lowest BCUT2D eigenvalue weighted by atomic mass is 10.1. The van der Waals surface area contributed by atoms with E-state index in [-0.39, 0.29) is 23.2 Å². The molecule has 18 heavy (non-hydrogen) atoms. The lowest BCUT2D eigenvalue weighted by molar-refractivity contribution is -0.145. The van der Waals surface area contributed by atoms with E-state index in [0.717, 1.165) is 12.7 Å². The standard InChI is InChI=1S/C15H22O3/c1-5-7-8-11(10-16)9-12-13(15(12,3)4)14(17)18-6-2/h7-10,12-13H,5-6H2,1-4H3/b8-7+,11-9-. The van der Waals surface area contributed by atoms with Crippen molar-refractivity contribution in [1.29, 1.82) is 0 Å². The average molecular weight is 250 g/mol. The molecule has 2 unspecified atom stereocenters. The smallest absolute Gasteiger partial charge is 0.310 e. The molecule has 0 aromatic rings. The lowest BCUT2D eigenvalue weighted by Crippen LogP contribution is -2.10. The Morgan fingerprint density at radius 1 is 1.33 bits per heavy atom. The van der Waals surface area contributed by atoms with Gasteiger partial charge in [0.1, 0.15) is 6.29 Å². The van der Waals surface area contributed by atoms with Gasteiger partial charge in [-0.3, -0.25) is 9.59 Å². The first kappa shape index (κ1) is 14.7. The van der Waals surface area contributed by atoms with Crippen LogP contribution < -0.4 is 0 Å². The van der Waals surface area contributed by atoms with Gasteiger partial charge >= 0.3 is 5.97 Å². The zero-order valence-electron chi connectivity index (χ0n) is 11.6. The summed E-state index contributed by atoms with van der Waals surface area (Å²) in [5.41, 5.74) is 0.530. The van der Waals surface area contributed by atoms with E-state index in [1.165, 1.54) is 0 Å². The molecule has 0 aromatic heterocycles. The van der Waals surface area contributed by atoms with Gasteiger partial charge in [0.25, 0.3) is 0 Å². The lowest BCUT2D eigenvalue weighted by Gasteiger charge is -2.01. The van der Waals surface area contributed by atoms with Crippen LogP contribution in [0.2, 0.25) is 0 Å². The maximum atomic E-state index is 11.8. The number of allylic oxidation sites excluding steroid dienone is 4. The quantitative estimate of drug-likeness (QED) is 0.315. The molecule has 0 aromatic carbocycles. The Morgan fingerprint density at radius 3 is 2.50 bits per heavy atom. The number of aldehydes is 1. The highest BCUT2D eigenvalue weighted by Crippen LogP contribution is 2.59. The predicted molar refractivity (Wildman–Crippen MR) is 71.0 cm³/mol. The predicted octanol–water partition coefficient (Wildman–Crippen LogP) is 2.91. The van der Waals surface area contributed by atoms with Crippen molar-refractivity contribution in [1.82, 2.24) is 0 Å². The summed E-state index contributed by atoms with van der Waals surface area (Å²) in [5, 5.41) is 0. The first-order valence-electron chi connectivity index (χ1n) is 6.49. The first-order chi connectivity index (χ1) is 8.48. The molecule has 2 atom stereocenters. The van der Waals surface area contributed by atoms with E-state index in [0.29, 0.717) is 12.2 Å². The molecule has 1 rings (SSSR count). The maximum absolute atomic E-state index is 11.8. The number of ether oxygens (including phenoxy) is 1. The molecule has 1 aliphatic carbocycles. The zero-order valence-corrected chi connectivity index (χ0v) is 11.6. The number of esters is 1. The minimum atomic E-state index is -0.159. The Labute approximate surface area is 109 Å². The molecule has 0 spiro atoms. The normalized spacial score (nSPS) is 26.1. The number of rotatable bonds is 6. The Kier molecular flexibility index (Phi) is 4.88. The van der Waals surface area contributed by atoms with Crippen molar-refractivity contribution in [2.24, 2.45) is 17.3 Å². The van der Waals surface area contributed by atoms with Crippen LogP contribution in [0, 0.1) is 17.3 Å². The molecular formula is C15H22O3. The largest absolute Gasteiger partial charge is 0.466 e. The summed E-state index contributed by atoms with van der Waals surface area (Å²) in [6.45, 7) is 8.28. The summed E-state index contributed by atoms with van der Waals surface area (Å²) in [6.07, 6.45) is 7.36. The van der Waals surface area contributed by atoms with Crippen molar-refractivity contribution in [2.75, 3.05) is 6.61 Å². The summed E-state index contributed by atoms with van der Waals surface area (Å²) in [4.78, 5) is 22.7. The van der Waals surface area contributed by atoms with E-state index in [1.54, 1.807) is 6.92 Å². The van der Waals surface area contributed by atoms with E-state index in [4.69, 9.17) is 4.74 Å². The minimum Gasteiger partial charge on any atom is -0.466 e. The van der Waals surface area contributed by atoms with Gasteiger partial charge in [-0.15, -0.1) is 0 Å². The third-order valence-corrected chi connectivity index (χ3v) is 3.51. The zero-order chi connectivity index (χ0) is 13.8. The fourth-order valence-electron chi connectivity index (χ4n) is 2.27. The van der Waals surface area contributed by atoms with Crippen molar-refractivity contribution < 1.29 is 14.3 Å². The molecule has 3 nitrogen and oxygen atoms in total. The van der Waals surface area contributed by atoms with Gasteiger partial charge in [-0.25, -0.2) is 0 Å². The Bertz CT molecular complexity index is 377. The van der Waals surface area contributed by atoms with Crippen LogP contribution >= 0.6 is 0 Å². The van der Waals surface area contributed by atoms with Gasteiger partial charge < -0.3 is 4.74 Å². The monoisotopic (exact) mass is 250 g/mol. The second kappa shape index (κ2) is 5.98. The molecule has 0 amide bonds. The van der Waals surface area contributed by atoms with Crippen molar-refractivity contribution in [3.63, 3.8) is 0 Å². The number of hydrogen-bond acceptors (Lipinski definition) is 3. The molecule has 1 aliphatic rings. The molecule has 1 saturated carbocycles. The second-order valence-electron chi connectivity index (χ2n) is 5.17. The van der Waals surface area contributed by atoms with Crippen LogP contribution in [-0.2, 0) is 14.3 Å². The third-order valence-electron chi connectivity index (χ3n) is 3.51. The summed E-state index contributed by atoms with van der Waals surface area (Å²) >= 11 is 0. The van der Waals surface area contributed by atoms with Gasteiger partial charge in [-0.05, 0) is 24.7 Å². The fourth-order valence-corrected chi connectivity index (χ4v) is 2.27. The number of hydrogen-bond donors (Lipinski definition) is 0. The Morgan fingerprint density at radius 2 is 2.00 bits per heavy atom. The molecule has 0 aliphatic heterocycles. The van der Waals surface area contributed by atoms with Gasteiger partial charge in [0.2, 0.25) is 0 Å². The van der Waals surface area contributed by atoms with Crippen LogP contribution in [-0.4, -0.2) is 18.9 Å². The van der Waals surface area contributed by atoms with Gasteiger partial charge in [-0.1, -0.05) is 39.0 Å². The van der Waals surface area contributed by atoms with Gasteiger partial charge in [0.15, 0.2) is 0 Å². The van der Waals surface area contributed by atoms with E-state index in [2.05, 4.69) is 0 Å². The summed E-state index contributed by atoms with van der Waals surface area (Å²) in [5.74, 6) is -0.186. The number of carbonyl (C=O) groups excluding carboxylic acids is 2. The summed E-state index contributed by atoms with van der Waals surface area (Å²) in [7, 11) is 0. The van der Waals surface area contributed by atoms with Crippen molar-refractivity contribution in [3.8, 4) is 0 Å². The molecule has 100 valence electrons. The van der Waals surface area contributed by atoms with E-state index in [9.17, 15) is 9.59 Å². The highest BCUT2D eigenvalue weighted by Gasteiger charge is 2.61. The Balaban J connectivity index is 2.78. The van der Waals surface area contributed by atoms with Crippen molar-refractivity contribution in [2.45, 2.75) is 34.1 Å². The van der Waals surface area contributed by atoms with E-state index < -0.39 is 0 Å². The molecule has 0 N–H and O–H groups in total. The maximum Gasteiger partial charge on any atom is 0.310 e. The van der Waals surface area contributed by atoms with Gasteiger partial charge in [0.05, 0.1) is 12.5 Å². The Hall–Kier alpha value is -1.38. The van der Waals surface area contributed by atoms with E-state index in [1.807, 2.05) is 39.0 Å². The number of carbonyl (C=O) groups is 2. The van der Waals surface area contributed by atoms with Crippen LogP contribution in [0.4, 0.5) is 0 Å². The van der Waals surface area contributed by atoms with Crippen LogP contribution in [0.5, 0.6) is 0 Å². The van der Waals surface area contributed by atoms with Crippen LogP contribution in [0.25, 0.3) is 0 Å². The second-order valence-corrected chi connectivity index (χ2v) is 5.17. The molecule has 1 fully saturated rings. The minimum absolute atomic E-state index is 0.0956. The SMILES string of the molecule is CC/C=C/C(C=O)=C/C1C(C(=O)OCC)C1(C)C. The average Bonchev–Trinajstić information content (AvgIpc) is 2.86. The topological polar surface area (TPSA) is 43.4 Å². The van der Waals surface area contributed by atoms with E-state index >= 15 is 0 Å². The molecule has 3 heteroatoms. The van der Waals surface area contributed by atoms with Crippen molar-refractivity contribution in [3.05, 3.63) is 23.8 Å². The van der Waals surface area contributed by atoms with Gasteiger partial charge in [0, 0.05) is 5.57 Å².